The van der Waals surface area contributed by atoms with Gasteiger partial charge >= 0.3 is 0 Å². The third kappa shape index (κ3) is 1.61. The van der Waals surface area contributed by atoms with Crippen LogP contribution in [0, 0.1) is 0 Å². The lowest BCUT2D eigenvalue weighted by Gasteiger charge is -2.14. The summed E-state index contributed by atoms with van der Waals surface area (Å²) < 4.78 is 1.54. The zero-order chi connectivity index (χ0) is 13.6. The molecule has 0 fully saturated rings. The molecule has 0 unspecified atom stereocenters. The summed E-state index contributed by atoms with van der Waals surface area (Å²) in [4.78, 5) is 23.6. The molecular weight excluding hydrogens is 250 g/mol. The lowest BCUT2D eigenvalue weighted by Crippen LogP contribution is -2.25. The first-order chi connectivity index (χ1) is 9.13. The Morgan fingerprint density at radius 2 is 2.16 bits per heavy atom. The fourth-order valence-electron chi connectivity index (χ4n) is 2.18. The minimum Gasteiger partial charge on any atom is -0.392 e. The standard InChI is InChI=1S/C11H11N5O3/c12-10-7-11(14-3-13-10)16(4-15-7)6-1-5(2-17)8(18)9(6)19/h1,3-4,6,9,17,19H,2H2,(H2,12,13,14)/t6-,9+/m1/s1. The smallest absolute Gasteiger partial charge is 0.191 e. The van der Waals surface area contributed by atoms with E-state index in [9.17, 15) is 9.90 Å². The van der Waals surface area contributed by atoms with Crippen molar-refractivity contribution in [1.29, 1.82) is 0 Å². The van der Waals surface area contributed by atoms with Gasteiger partial charge in [-0.05, 0) is 6.08 Å². The second-order valence-electron chi connectivity index (χ2n) is 4.23. The molecule has 0 amide bonds. The van der Waals surface area contributed by atoms with Crippen LogP contribution in [0.15, 0.2) is 24.3 Å². The van der Waals surface area contributed by atoms with Gasteiger partial charge in [0.1, 0.15) is 17.9 Å². The maximum absolute atomic E-state index is 11.7. The van der Waals surface area contributed by atoms with Gasteiger partial charge in [-0.1, -0.05) is 0 Å². The van der Waals surface area contributed by atoms with Gasteiger partial charge in [0.25, 0.3) is 0 Å². The van der Waals surface area contributed by atoms with Crippen molar-refractivity contribution in [2.75, 3.05) is 12.3 Å². The number of carbonyl (C=O) groups excluding carboxylic acids is 1. The minimum atomic E-state index is -1.25. The highest BCUT2D eigenvalue weighted by molar-refractivity contribution is 6.02. The van der Waals surface area contributed by atoms with E-state index in [0.29, 0.717) is 11.2 Å². The monoisotopic (exact) mass is 261 g/mol. The summed E-state index contributed by atoms with van der Waals surface area (Å²) in [6, 6.07) is -0.644. The molecule has 98 valence electrons. The second kappa shape index (κ2) is 4.11. The molecule has 3 rings (SSSR count). The van der Waals surface area contributed by atoms with Crippen LogP contribution in [0.4, 0.5) is 5.82 Å². The predicted octanol–water partition coefficient (Wildman–Crippen LogP) is -1.19. The van der Waals surface area contributed by atoms with Gasteiger partial charge in [-0.3, -0.25) is 4.79 Å². The molecule has 8 nitrogen and oxygen atoms in total. The van der Waals surface area contributed by atoms with Crippen LogP contribution in [0.1, 0.15) is 6.04 Å². The molecule has 19 heavy (non-hydrogen) atoms. The van der Waals surface area contributed by atoms with Crippen LogP contribution in [0.25, 0.3) is 11.2 Å². The maximum atomic E-state index is 11.7. The van der Waals surface area contributed by atoms with E-state index in [4.69, 9.17) is 10.8 Å². The van der Waals surface area contributed by atoms with Crippen LogP contribution < -0.4 is 5.73 Å². The van der Waals surface area contributed by atoms with Crippen LogP contribution in [-0.2, 0) is 4.79 Å². The van der Waals surface area contributed by atoms with Gasteiger partial charge in [-0.15, -0.1) is 0 Å². The molecule has 4 N–H and O–H groups in total. The van der Waals surface area contributed by atoms with Crippen molar-refractivity contribution in [2.24, 2.45) is 0 Å². The van der Waals surface area contributed by atoms with E-state index in [2.05, 4.69) is 15.0 Å². The van der Waals surface area contributed by atoms with E-state index in [1.165, 1.54) is 18.7 Å². The number of aliphatic hydroxyl groups is 2. The average Bonchev–Trinajstić information content (AvgIpc) is 2.94. The summed E-state index contributed by atoms with van der Waals surface area (Å²) in [6.07, 6.45) is 2.98. The van der Waals surface area contributed by atoms with Crippen molar-refractivity contribution in [1.82, 2.24) is 19.5 Å². The summed E-state index contributed by atoms with van der Waals surface area (Å²) >= 11 is 0. The molecule has 0 saturated heterocycles. The molecule has 0 aromatic carbocycles. The van der Waals surface area contributed by atoms with Gasteiger partial charge in [-0.2, -0.15) is 0 Å². The van der Waals surface area contributed by atoms with Gasteiger partial charge in [-0.25, -0.2) is 15.0 Å². The Hall–Kier alpha value is -2.32. The zero-order valence-corrected chi connectivity index (χ0v) is 9.76. The predicted molar refractivity (Wildman–Crippen MR) is 65.0 cm³/mol. The van der Waals surface area contributed by atoms with E-state index >= 15 is 0 Å². The van der Waals surface area contributed by atoms with Crippen LogP contribution in [0.5, 0.6) is 0 Å². The Kier molecular flexibility index (Phi) is 2.54. The molecule has 2 aromatic rings. The second-order valence-corrected chi connectivity index (χ2v) is 4.23. The van der Waals surface area contributed by atoms with Crippen molar-refractivity contribution in [3.05, 3.63) is 24.3 Å². The van der Waals surface area contributed by atoms with Gasteiger partial charge < -0.3 is 20.5 Å². The number of Topliss-reactive ketones (excluding diaryl/α,β-unsaturated/α-hetero) is 1. The topological polar surface area (TPSA) is 127 Å². The fraction of sp³-hybridized carbons (Fsp3) is 0.273. The highest BCUT2D eigenvalue weighted by Gasteiger charge is 2.35. The number of aliphatic hydroxyl groups excluding tert-OH is 2. The highest BCUT2D eigenvalue weighted by Crippen LogP contribution is 2.29. The first kappa shape index (κ1) is 11.8. The van der Waals surface area contributed by atoms with E-state index in [1.54, 1.807) is 4.57 Å². The highest BCUT2D eigenvalue weighted by atomic mass is 16.3. The number of hydrogen-bond acceptors (Lipinski definition) is 7. The van der Waals surface area contributed by atoms with E-state index in [1.807, 2.05) is 0 Å². The molecule has 0 bridgehead atoms. The van der Waals surface area contributed by atoms with Crippen LogP contribution in [0.3, 0.4) is 0 Å². The molecule has 0 saturated carbocycles. The number of carbonyl (C=O) groups is 1. The summed E-state index contributed by atoms with van der Waals surface area (Å²) in [7, 11) is 0. The van der Waals surface area contributed by atoms with Gasteiger partial charge in [0.15, 0.2) is 17.2 Å². The Balaban J connectivity index is 2.13. The van der Waals surface area contributed by atoms with E-state index < -0.39 is 24.5 Å². The molecule has 0 spiro atoms. The quantitative estimate of drug-likeness (QED) is 0.620. The van der Waals surface area contributed by atoms with Gasteiger partial charge in [0.2, 0.25) is 0 Å². The average molecular weight is 261 g/mol. The summed E-state index contributed by atoms with van der Waals surface area (Å²) in [5.74, 6) is -0.259. The van der Waals surface area contributed by atoms with Crippen molar-refractivity contribution in [3.63, 3.8) is 0 Å². The fourth-order valence-corrected chi connectivity index (χ4v) is 2.18. The largest absolute Gasteiger partial charge is 0.392 e. The number of aromatic nitrogens is 4. The van der Waals surface area contributed by atoms with Crippen molar-refractivity contribution in [3.8, 4) is 0 Å². The first-order valence-electron chi connectivity index (χ1n) is 5.60. The maximum Gasteiger partial charge on any atom is 0.191 e. The number of nitrogens with two attached hydrogens (primary N) is 1. The third-order valence-corrected chi connectivity index (χ3v) is 3.16. The van der Waals surface area contributed by atoms with Crippen LogP contribution in [0.2, 0.25) is 0 Å². The number of imidazole rings is 1. The zero-order valence-electron chi connectivity index (χ0n) is 9.76. The van der Waals surface area contributed by atoms with Crippen LogP contribution >= 0.6 is 0 Å². The lowest BCUT2D eigenvalue weighted by molar-refractivity contribution is -0.123. The Morgan fingerprint density at radius 3 is 2.84 bits per heavy atom. The van der Waals surface area contributed by atoms with Crippen LogP contribution in [-0.4, -0.2) is 48.2 Å². The van der Waals surface area contributed by atoms with Crippen molar-refractivity contribution < 1.29 is 15.0 Å². The minimum absolute atomic E-state index is 0.182. The SMILES string of the molecule is Nc1ncnc2c1ncn2[C@@H]1C=C(CO)C(=O)[C@H]1O. The first-order valence-corrected chi connectivity index (χ1v) is 5.60. The number of ketones is 1. The number of fused-ring (bicyclic) bond motifs is 1. The Labute approximate surface area is 107 Å². The molecule has 1 aliphatic carbocycles. The van der Waals surface area contributed by atoms with Crippen molar-refractivity contribution in [2.45, 2.75) is 12.1 Å². The molecule has 2 aromatic heterocycles. The number of hydrogen-bond donors (Lipinski definition) is 3. The molecular formula is C11H11N5O3. The number of nitrogen functional groups attached to an aromatic ring is 1. The summed E-state index contributed by atoms with van der Waals surface area (Å²) in [6.45, 7) is -0.407. The normalized spacial score (nSPS) is 23.1. The number of nitrogens with zero attached hydrogens (tertiary/aromatic N) is 4. The molecule has 1 aliphatic rings. The van der Waals surface area contributed by atoms with Crippen molar-refractivity contribution >= 4 is 22.8 Å². The molecule has 0 aliphatic heterocycles. The Morgan fingerprint density at radius 1 is 1.37 bits per heavy atom. The molecule has 0 radical (unpaired) electrons. The van der Waals surface area contributed by atoms with E-state index in [0.717, 1.165) is 0 Å². The molecule has 8 heteroatoms. The number of rotatable bonds is 2. The van der Waals surface area contributed by atoms with E-state index in [-0.39, 0.29) is 11.4 Å². The lowest BCUT2D eigenvalue weighted by atomic mass is 10.2. The number of anilines is 1. The third-order valence-electron chi connectivity index (χ3n) is 3.16. The van der Waals surface area contributed by atoms with Gasteiger partial charge in [0, 0.05) is 5.57 Å². The summed E-state index contributed by atoms with van der Waals surface area (Å²) in [5, 5.41) is 19.0. The van der Waals surface area contributed by atoms with Gasteiger partial charge in [0.05, 0.1) is 19.0 Å². The molecule has 2 heterocycles. The Bertz CT molecular complexity index is 693. The molecule has 2 atom stereocenters. The summed E-state index contributed by atoms with van der Waals surface area (Å²) in [5.41, 5.74) is 6.69.